The molecule has 0 radical (unpaired) electrons. The molecule has 2 aliphatic heterocycles. The molecule has 1 aromatic rings. The largest absolute Gasteiger partial charge is 0.462 e. The molecule has 3 nitrogen and oxygen atoms in total. The SMILES string of the molecule is CN1[C@@H]2CC[C@H]1CC(OC(=O)C(CBr)c1ccccc1)C2. The van der Waals surface area contributed by atoms with Crippen molar-refractivity contribution in [2.75, 3.05) is 12.4 Å². The molecule has 2 fully saturated rings. The minimum Gasteiger partial charge on any atom is -0.462 e. The molecule has 4 heteroatoms. The third-order valence-electron chi connectivity index (χ3n) is 4.98. The van der Waals surface area contributed by atoms with Crippen LogP contribution >= 0.6 is 15.9 Å². The lowest BCUT2D eigenvalue weighted by atomic mass is 9.99. The third-order valence-corrected chi connectivity index (χ3v) is 5.63. The minimum atomic E-state index is -0.205. The summed E-state index contributed by atoms with van der Waals surface area (Å²) >= 11 is 3.45. The summed E-state index contributed by atoms with van der Waals surface area (Å²) in [6.45, 7) is 0. The lowest BCUT2D eigenvalue weighted by Gasteiger charge is -2.36. The average molecular weight is 352 g/mol. The van der Waals surface area contributed by atoms with Crippen molar-refractivity contribution in [3.8, 4) is 0 Å². The zero-order chi connectivity index (χ0) is 14.8. The number of fused-ring (bicyclic) bond motifs is 2. The monoisotopic (exact) mass is 351 g/mol. The number of carbonyl (C=O) groups is 1. The summed E-state index contributed by atoms with van der Waals surface area (Å²) in [6, 6.07) is 11.1. The molecule has 1 aromatic carbocycles. The molecule has 0 aromatic heterocycles. The van der Waals surface area contributed by atoms with E-state index in [-0.39, 0.29) is 18.0 Å². The standard InChI is InChI=1S/C17H22BrNO2/c1-19-13-7-8-14(19)10-15(9-13)21-17(20)16(11-18)12-5-3-2-4-6-12/h2-6,13-16H,7-11H2,1H3/t13-,14+,15?,16?. The maximum atomic E-state index is 12.5. The van der Waals surface area contributed by atoms with E-state index >= 15 is 0 Å². The molecule has 2 aliphatic rings. The maximum absolute atomic E-state index is 12.5. The normalized spacial score (nSPS) is 30.1. The number of carbonyl (C=O) groups excluding carboxylic acids is 1. The maximum Gasteiger partial charge on any atom is 0.314 e. The fourth-order valence-electron chi connectivity index (χ4n) is 3.68. The van der Waals surface area contributed by atoms with Crippen molar-refractivity contribution >= 4 is 21.9 Å². The molecule has 3 rings (SSSR count). The van der Waals surface area contributed by atoms with Crippen LogP contribution < -0.4 is 0 Å². The van der Waals surface area contributed by atoms with Gasteiger partial charge in [0.25, 0.3) is 0 Å². The van der Waals surface area contributed by atoms with Crippen molar-refractivity contribution in [3.05, 3.63) is 35.9 Å². The molecule has 0 amide bonds. The number of hydrogen-bond acceptors (Lipinski definition) is 3. The van der Waals surface area contributed by atoms with Crippen LogP contribution in [0.2, 0.25) is 0 Å². The minimum absolute atomic E-state index is 0.0907. The van der Waals surface area contributed by atoms with Crippen LogP contribution in [0.25, 0.3) is 0 Å². The zero-order valence-corrected chi connectivity index (χ0v) is 14.0. The van der Waals surface area contributed by atoms with Crippen LogP contribution in [0.5, 0.6) is 0 Å². The van der Waals surface area contributed by atoms with Gasteiger partial charge < -0.3 is 9.64 Å². The van der Waals surface area contributed by atoms with Crippen LogP contribution in [-0.4, -0.2) is 41.4 Å². The molecule has 0 aliphatic carbocycles. The van der Waals surface area contributed by atoms with E-state index in [1.807, 2.05) is 30.3 Å². The fourth-order valence-corrected chi connectivity index (χ4v) is 4.32. The highest BCUT2D eigenvalue weighted by Gasteiger charge is 2.40. The number of halogens is 1. The second kappa shape index (κ2) is 6.49. The molecule has 2 bridgehead atoms. The number of rotatable bonds is 4. The second-order valence-corrected chi connectivity index (χ2v) is 6.85. The summed E-state index contributed by atoms with van der Waals surface area (Å²) in [5.74, 6) is -0.296. The van der Waals surface area contributed by atoms with Crippen molar-refractivity contribution in [3.63, 3.8) is 0 Å². The van der Waals surface area contributed by atoms with Crippen LogP contribution in [0.3, 0.4) is 0 Å². The Balaban J connectivity index is 1.63. The quantitative estimate of drug-likeness (QED) is 0.615. The molecule has 2 unspecified atom stereocenters. The molecule has 0 saturated carbocycles. The van der Waals surface area contributed by atoms with Gasteiger partial charge in [0, 0.05) is 17.4 Å². The fraction of sp³-hybridized carbons (Fsp3) is 0.588. The van der Waals surface area contributed by atoms with E-state index in [2.05, 4.69) is 27.9 Å². The third kappa shape index (κ3) is 3.16. The molecular formula is C17H22BrNO2. The van der Waals surface area contributed by atoms with Gasteiger partial charge in [0.15, 0.2) is 0 Å². The Morgan fingerprint density at radius 3 is 2.48 bits per heavy atom. The summed E-state index contributed by atoms with van der Waals surface area (Å²) in [5, 5.41) is 0.606. The highest BCUT2D eigenvalue weighted by Crippen LogP contribution is 2.36. The number of benzene rings is 1. The van der Waals surface area contributed by atoms with Crippen LogP contribution in [-0.2, 0) is 9.53 Å². The average Bonchev–Trinajstić information content (AvgIpc) is 2.72. The number of nitrogens with zero attached hydrogens (tertiary/aromatic N) is 1. The first-order chi connectivity index (χ1) is 10.2. The molecule has 21 heavy (non-hydrogen) atoms. The van der Waals surface area contributed by atoms with Gasteiger partial charge in [0.2, 0.25) is 0 Å². The zero-order valence-electron chi connectivity index (χ0n) is 12.4. The van der Waals surface area contributed by atoms with Crippen molar-refractivity contribution in [2.45, 2.75) is 49.8 Å². The summed E-state index contributed by atoms with van der Waals surface area (Å²) in [5.41, 5.74) is 1.02. The number of hydrogen-bond donors (Lipinski definition) is 0. The Morgan fingerprint density at radius 1 is 1.29 bits per heavy atom. The number of alkyl halides is 1. The van der Waals surface area contributed by atoms with Gasteiger partial charge in [-0.3, -0.25) is 4.79 Å². The Labute approximate surface area is 134 Å². The topological polar surface area (TPSA) is 29.5 Å². The summed E-state index contributed by atoms with van der Waals surface area (Å²) in [6.07, 6.45) is 4.56. The van der Waals surface area contributed by atoms with E-state index < -0.39 is 0 Å². The van der Waals surface area contributed by atoms with Crippen LogP contribution in [0, 0.1) is 0 Å². The first-order valence-electron chi connectivity index (χ1n) is 7.72. The Kier molecular flexibility index (Phi) is 4.65. The Hall–Kier alpha value is -0.870. The summed E-state index contributed by atoms with van der Waals surface area (Å²) in [4.78, 5) is 15.0. The van der Waals surface area contributed by atoms with E-state index in [1.165, 1.54) is 12.8 Å². The van der Waals surface area contributed by atoms with Gasteiger partial charge in [0.05, 0.1) is 5.92 Å². The van der Waals surface area contributed by atoms with Gasteiger partial charge in [-0.2, -0.15) is 0 Å². The van der Waals surface area contributed by atoms with Gasteiger partial charge in [-0.25, -0.2) is 0 Å². The van der Waals surface area contributed by atoms with Gasteiger partial charge in [-0.05, 0) is 38.3 Å². The molecular weight excluding hydrogens is 330 g/mol. The van der Waals surface area contributed by atoms with Gasteiger partial charge in [-0.15, -0.1) is 0 Å². The predicted octanol–water partition coefficient (Wildman–Crippen LogP) is 3.33. The van der Waals surface area contributed by atoms with Crippen molar-refractivity contribution < 1.29 is 9.53 Å². The summed E-state index contributed by atoms with van der Waals surface area (Å²) in [7, 11) is 2.20. The highest BCUT2D eigenvalue weighted by molar-refractivity contribution is 9.09. The molecule has 0 spiro atoms. The smallest absolute Gasteiger partial charge is 0.314 e. The van der Waals surface area contributed by atoms with E-state index in [0.29, 0.717) is 17.4 Å². The van der Waals surface area contributed by atoms with Crippen molar-refractivity contribution in [1.82, 2.24) is 4.90 Å². The number of ether oxygens (including phenoxy) is 1. The molecule has 2 heterocycles. The van der Waals surface area contributed by atoms with Crippen molar-refractivity contribution in [1.29, 1.82) is 0 Å². The van der Waals surface area contributed by atoms with Crippen LogP contribution in [0.15, 0.2) is 30.3 Å². The van der Waals surface area contributed by atoms with Gasteiger partial charge >= 0.3 is 5.97 Å². The van der Waals surface area contributed by atoms with Crippen LogP contribution in [0.1, 0.15) is 37.2 Å². The van der Waals surface area contributed by atoms with Crippen molar-refractivity contribution in [2.24, 2.45) is 0 Å². The first kappa shape index (κ1) is 15.0. The molecule has 2 saturated heterocycles. The lowest BCUT2D eigenvalue weighted by molar-refractivity contribution is -0.153. The highest BCUT2D eigenvalue weighted by atomic mass is 79.9. The van der Waals surface area contributed by atoms with Gasteiger partial charge in [-0.1, -0.05) is 46.3 Å². The second-order valence-electron chi connectivity index (χ2n) is 6.20. The molecule has 0 N–H and O–H groups in total. The number of piperidine rings is 1. The first-order valence-corrected chi connectivity index (χ1v) is 8.84. The molecule has 114 valence electrons. The summed E-state index contributed by atoms with van der Waals surface area (Å²) < 4.78 is 5.83. The van der Waals surface area contributed by atoms with Crippen LogP contribution in [0.4, 0.5) is 0 Å². The predicted molar refractivity (Wildman–Crippen MR) is 86.7 cm³/mol. The van der Waals surface area contributed by atoms with E-state index in [4.69, 9.17) is 4.74 Å². The van der Waals surface area contributed by atoms with E-state index in [0.717, 1.165) is 18.4 Å². The van der Waals surface area contributed by atoms with E-state index in [1.54, 1.807) is 0 Å². The van der Waals surface area contributed by atoms with E-state index in [9.17, 15) is 4.79 Å². The van der Waals surface area contributed by atoms with Gasteiger partial charge in [0.1, 0.15) is 6.10 Å². The Morgan fingerprint density at radius 2 is 1.90 bits per heavy atom. The Bertz CT molecular complexity index is 479. The molecule has 4 atom stereocenters. The number of esters is 1. The lowest BCUT2D eigenvalue weighted by Crippen LogP contribution is -2.43.